The van der Waals surface area contributed by atoms with Crippen LogP contribution in [0.1, 0.15) is 61.0 Å². The van der Waals surface area contributed by atoms with E-state index in [-0.39, 0.29) is 0 Å². The van der Waals surface area contributed by atoms with E-state index in [4.69, 9.17) is 14.8 Å². The average Bonchev–Trinajstić information content (AvgIpc) is 3.75. The molecule has 10 rings (SSSR count). The molecular weight excluding hydrogens is 609 g/mol. The minimum absolute atomic E-state index is 0.334. The third-order valence-electron chi connectivity index (χ3n) is 10.9. The average molecular weight is 645 g/mol. The Kier molecular flexibility index (Phi) is 6.67. The second-order valence-corrected chi connectivity index (χ2v) is 14.9. The van der Waals surface area contributed by atoms with Gasteiger partial charge >= 0.3 is 5.97 Å². The van der Waals surface area contributed by atoms with Crippen molar-refractivity contribution in [3.63, 3.8) is 0 Å². The van der Waals surface area contributed by atoms with Gasteiger partial charge in [-0.2, -0.15) is 5.10 Å². The van der Waals surface area contributed by atoms with E-state index in [2.05, 4.69) is 37.9 Å². The largest absolute Gasteiger partial charge is 0.465 e. The van der Waals surface area contributed by atoms with E-state index < -0.39 is 5.97 Å². The van der Waals surface area contributed by atoms with Crippen LogP contribution in [0.5, 0.6) is 0 Å². The van der Waals surface area contributed by atoms with Gasteiger partial charge in [0.1, 0.15) is 17.7 Å². The highest BCUT2D eigenvalue weighted by Crippen LogP contribution is 2.58. The standard InChI is InChI=1S/C36H36N8O2S/c1-21-26(18-40-44(21)19-36-13-22-7-8-23(14-36)12-24(11-22)15-36)27-17-38-33-32(31(27)34(45)46-2)39-20-43(33)25-9-10-30(37-16-25)42-35-41-28-5-3-4-6-29(28)47-35/h3-6,9-10,16-18,20,22-24H,7-8,11-15,19H2,1-2H3,(H,37,41,42). The monoisotopic (exact) mass is 644 g/mol. The molecule has 4 aliphatic carbocycles. The summed E-state index contributed by atoms with van der Waals surface area (Å²) in [6.07, 6.45) is 16.7. The van der Waals surface area contributed by atoms with Crippen LogP contribution in [-0.2, 0) is 11.3 Å². The number of nitrogens with one attached hydrogen (secondary N) is 1. The lowest BCUT2D eigenvalue weighted by atomic mass is 9.58. The molecule has 1 aromatic carbocycles. The Bertz CT molecular complexity index is 2100. The fourth-order valence-electron chi connectivity index (χ4n) is 9.05. The van der Waals surface area contributed by atoms with Crippen LogP contribution in [0.15, 0.2) is 61.3 Å². The summed E-state index contributed by atoms with van der Waals surface area (Å²) in [4.78, 5) is 32.1. The molecule has 11 heteroatoms. The maximum Gasteiger partial charge on any atom is 0.340 e. The first kappa shape index (κ1) is 28.6. The van der Waals surface area contributed by atoms with Crippen molar-refractivity contribution < 1.29 is 9.53 Å². The van der Waals surface area contributed by atoms with Crippen molar-refractivity contribution in [2.24, 2.45) is 23.2 Å². The van der Waals surface area contributed by atoms with Crippen molar-refractivity contribution in [1.29, 1.82) is 0 Å². The second kappa shape index (κ2) is 11.0. The summed E-state index contributed by atoms with van der Waals surface area (Å²) in [7, 11) is 1.41. The van der Waals surface area contributed by atoms with Crippen molar-refractivity contribution in [3.05, 3.63) is 72.6 Å². The molecule has 47 heavy (non-hydrogen) atoms. The Balaban J connectivity index is 1.02. The zero-order valence-electron chi connectivity index (χ0n) is 26.5. The molecule has 0 aliphatic heterocycles. The SMILES string of the molecule is COC(=O)c1c(-c2cnn(CC34CC5CCC(CC(C5)C3)C4)c2C)cnc2c1ncn2-c1ccc(Nc2nc3ccccc3s2)nc1. The van der Waals surface area contributed by atoms with Gasteiger partial charge in [-0.1, -0.05) is 36.3 Å². The van der Waals surface area contributed by atoms with E-state index in [1.54, 1.807) is 30.1 Å². The van der Waals surface area contributed by atoms with Crippen molar-refractivity contribution in [2.75, 3.05) is 12.4 Å². The lowest BCUT2D eigenvalue weighted by Gasteiger charge is -2.48. The normalized spacial score (nSPS) is 23.4. The molecule has 4 saturated carbocycles. The van der Waals surface area contributed by atoms with Gasteiger partial charge in [-0.05, 0) is 86.5 Å². The lowest BCUT2D eigenvalue weighted by Crippen LogP contribution is -2.40. The number of thiazole rings is 1. The highest BCUT2D eigenvalue weighted by Gasteiger charge is 2.48. The molecule has 0 spiro atoms. The minimum Gasteiger partial charge on any atom is -0.465 e. The predicted octanol–water partition coefficient (Wildman–Crippen LogP) is 7.73. The molecule has 2 unspecified atom stereocenters. The van der Waals surface area contributed by atoms with Crippen LogP contribution in [0.2, 0.25) is 0 Å². The maximum atomic E-state index is 13.4. The molecule has 238 valence electrons. The van der Waals surface area contributed by atoms with Crippen molar-refractivity contribution in [2.45, 2.75) is 58.4 Å². The summed E-state index contributed by atoms with van der Waals surface area (Å²) in [6, 6.07) is 11.9. The molecule has 0 amide bonds. The fraction of sp³-hybridized carbons (Fsp3) is 0.389. The van der Waals surface area contributed by atoms with Gasteiger partial charge < -0.3 is 10.1 Å². The molecule has 10 nitrogen and oxygen atoms in total. The number of hydrogen-bond donors (Lipinski definition) is 1. The molecule has 1 N–H and O–H groups in total. The first-order valence-electron chi connectivity index (χ1n) is 16.5. The molecule has 0 radical (unpaired) electrons. The number of carbonyl (C=O) groups excluding carboxylic acids is 1. The zero-order valence-corrected chi connectivity index (χ0v) is 27.3. The van der Waals surface area contributed by atoms with Gasteiger partial charge in [0.25, 0.3) is 0 Å². The first-order chi connectivity index (χ1) is 22.9. The van der Waals surface area contributed by atoms with Gasteiger partial charge in [-0.3, -0.25) is 9.25 Å². The Morgan fingerprint density at radius 2 is 1.79 bits per heavy atom. The third-order valence-corrected chi connectivity index (χ3v) is 11.8. The molecular formula is C36H36N8O2S. The number of pyridine rings is 2. The van der Waals surface area contributed by atoms with Crippen molar-refractivity contribution in [3.8, 4) is 16.8 Å². The van der Waals surface area contributed by atoms with Crippen molar-refractivity contribution >= 4 is 49.6 Å². The van der Waals surface area contributed by atoms with E-state index in [9.17, 15) is 4.79 Å². The molecule has 5 heterocycles. The maximum absolute atomic E-state index is 13.4. The second-order valence-electron chi connectivity index (χ2n) is 13.9. The van der Waals surface area contributed by atoms with Crippen LogP contribution in [0.4, 0.5) is 10.9 Å². The van der Waals surface area contributed by atoms with Gasteiger partial charge in [0.2, 0.25) is 0 Å². The summed E-state index contributed by atoms with van der Waals surface area (Å²) < 4.78 is 10.4. The van der Waals surface area contributed by atoms with E-state index in [1.807, 2.05) is 41.1 Å². The quantitative estimate of drug-likeness (QED) is 0.176. The Labute approximate surface area is 276 Å². The predicted molar refractivity (Wildman–Crippen MR) is 182 cm³/mol. The number of carbonyl (C=O) groups is 1. The van der Waals surface area contributed by atoms with Crippen molar-refractivity contribution in [1.82, 2.24) is 34.3 Å². The number of aromatic nitrogens is 7. The molecule has 4 fully saturated rings. The van der Waals surface area contributed by atoms with E-state index in [1.165, 1.54) is 52.1 Å². The number of methoxy groups -OCH3 is 1. The summed E-state index contributed by atoms with van der Waals surface area (Å²) in [6.45, 7) is 3.05. The van der Waals surface area contributed by atoms with Crippen LogP contribution in [0.3, 0.4) is 0 Å². The number of para-hydroxylation sites is 1. The first-order valence-corrected chi connectivity index (χ1v) is 17.3. The van der Waals surface area contributed by atoms with Gasteiger partial charge in [0.05, 0.1) is 41.0 Å². The fourth-order valence-corrected chi connectivity index (χ4v) is 9.92. The number of rotatable bonds is 7. The van der Waals surface area contributed by atoms with Crippen LogP contribution in [0, 0.1) is 30.1 Å². The zero-order chi connectivity index (χ0) is 31.7. The van der Waals surface area contributed by atoms with E-state index >= 15 is 0 Å². The summed E-state index contributed by atoms with van der Waals surface area (Å²) in [5.41, 5.74) is 6.12. The number of hydrogen-bond acceptors (Lipinski definition) is 9. The van der Waals surface area contributed by atoms with Gasteiger partial charge in [-0.15, -0.1) is 0 Å². The topological polar surface area (TPSA) is 113 Å². The van der Waals surface area contributed by atoms with Crippen LogP contribution < -0.4 is 5.32 Å². The van der Waals surface area contributed by atoms with Crippen LogP contribution in [0.25, 0.3) is 38.2 Å². The molecule has 4 bridgehead atoms. The number of nitrogens with zero attached hydrogens (tertiary/aromatic N) is 7. The Morgan fingerprint density at radius 1 is 0.979 bits per heavy atom. The smallest absolute Gasteiger partial charge is 0.340 e. The molecule has 4 aliphatic rings. The molecule has 5 aromatic heterocycles. The highest BCUT2D eigenvalue weighted by molar-refractivity contribution is 7.22. The number of esters is 1. The Morgan fingerprint density at radius 3 is 2.55 bits per heavy atom. The number of benzene rings is 1. The van der Waals surface area contributed by atoms with Crippen LogP contribution >= 0.6 is 11.3 Å². The highest BCUT2D eigenvalue weighted by atomic mass is 32.1. The molecule has 6 aromatic rings. The summed E-state index contributed by atoms with van der Waals surface area (Å²) in [5.74, 6) is 2.84. The van der Waals surface area contributed by atoms with Crippen LogP contribution in [-0.4, -0.2) is 47.4 Å². The third kappa shape index (κ3) is 4.90. The Hall–Kier alpha value is -4.64. The van der Waals surface area contributed by atoms with E-state index in [0.29, 0.717) is 33.5 Å². The summed E-state index contributed by atoms with van der Waals surface area (Å²) >= 11 is 1.58. The number of ether oxygens (including phenoxy) is 1. The lowest BCUT2D eigenvalue weighted by molar-refractivity contribution is 0.0169. The summed E-state index contributed by atoms with van der Waals surface area (Å²) in [5, 5.41) is 8.98. The number of fused-ring (bicyclic) bond motifs is 3. The number of imidazole rings is 1. The number of anilines is 2. The van der Waals surface area contributed by atoms with Gasteiger partial charge in [0, 0.05) is 29.6 Å². The van der Waals surface area contributed by atoms with Gasteiger partial charge in [-0.25, -0.2) is 24.7 Å². The van der Waals surface area contributed by atoms with E-state index in [0.717, 1.165) is 56.6 Å². The molecule has 0 saturated heterocycles. The minimum atomic E-state index is -0.448. The molecule has 2 atom stereocenters. The van der Waals surface area contributed by atoms with Gasteiger partial charge in [0.15, 0.2) is 10.8 Å².